The normalized spacial score (nSPS) is 18.4. The van der Waals surface area contributed by atoms with Gasteiger partial charge in [-0.3, -0.25) is 4.98 Å². The molecule has 1 saturated carbocycles. The molecule has 5 heteroatoms. The number of nitrogens with one attached hydrogen (secondary N) is 1. The zero-order valence-electron chi connectivity index (χ0n) is 15.8. The number of hydrogen-bond donors (Lipinski definition) is 1. The summed E-state index contributed by atoms with van der Waals surface area (Å²) in [4.78, 5) is 20.8. The highest BCUT2D eigenvalue weighted by Crippen LogP contribution is 2.33. The number of anilines is 2. The molecule has 0 spiro atoms. The highest BCUT2D eigenvalue weighted by atomic mass is 16.2. The van der Waals surface area contributed by atoms with Crippen molar-refractivity contribution >= 4 is 17.4 Å². The first-order valence-electron chi connectivity index (χ1n) is 10.1. The van der Waals surface area contributed by atoms with E-state index < -0.39 is 0 Å². The molecule has 0 bridgehead atoms. The third kappa shape index (κ3) is 4.41. The SMILES string of the molecule is O=C(Nc1ccc(C2CCCCC2)cc1)N1CCN(c2ccncc2)CC1. The minimum Gasteiger partial charge on any atom is -0.368 e. The Morgan fingerprint density at radius 3 is 2.22 bits per heavy atom. The third-order valence-corrected chi connectivity index (χ3v) is 5.83. The second kappa shape index (κ2) is 8.42. The molecule has 0 radical (unpaired) electrons. The molecular weight excluding hydrogens is 336 g/mol. The van der Waals surface area contributed by atoms with E-state index in [9.17, 15) is 4.79 Å². The summed E-state index contributed by atoms with van der Waals surface area (Å²) < 4.78 is 0. The van der Waals surface area contributed by atoms with Crippen LogP contribution in [-0.4, -0.2) is 42.1 Å². The molecule has 27 heavy (non-hydrogen) atoms. The Labute approximate surface area is 161 Å². The van der Waals surface area contributed by atoms with Crippen molar-refractivity contribution in [2.24, 2.45) is 0 Å². The van der Waals surface area contributed by atoms with Gasteiger partial charge in [0.1, 0.15) is 0 Å². The molecule has 4 rings (SSSR count). The first-order valence-corrected chi connectivity index (χ1v) is 10.1. The van der Waals surface area contributed by atoms with E-state index in [2.05, 4.69) is 39.5 Å². The lowest BCUT2D eigenvalue weighted by molar-refractivity contribution is 0.208. The van der Waals surface area contributed by atoms with Crippen molar-refractivity contribution in [1.82, 2.24) is 9.88 Å². The number of piperazine rings is 1. The Balaban J connectivity index is 1.29. The number of carbonyl (C=O) groups is 1. The fourth-order valence-electron chi connectivity index (χ4n) is 4.20. The maximum atomic E-state index is 12.6. The van der Waals surface area contributed by atoms with Crippen molar-refractivity contribution in [1.29, 1.82) is 0 Å². The quantitative estimate of drug-likeness (QED) is 0.873. The second-order valence-electron chi connectivity index (χ2n) is 7.57. The van der Waals surface area contributed by atoms with E-state index in [4.69, 9.17) is 0 Å². The van der Waals surface area contributed by atoms with Gasteiger partial charge in [-0.1, -0.05) is 31.4 Å². The summed E-state index contributed by atoms with van der Waals surface area (Å²) >= 11 is 0. The number of urea groups is 1. The number of aromatic nitrogens is 1. The van der Waals surface area contributed by atoms with Crippen LogP contribution >= 0.6 is 0 Å². The first-order chi connectivity index (χ1) is 13.3. The molecule has 2 aromatic rings. The summed E-state index contributed by atoms with van der Waals surface area (Å²) in [5.41, 5.74) is 3.47. The first kappa shape index (κ1) is 17.8. The van der Waals surface area contributed by atoms with Crippen molar-refractivity contribution in [2.45, 2.75) is 38.0 Å². The Bertz CT molecular complexity index is 733. The topological polar surface area (TPSA) is 48.5 Å². The predicted molar refractivity (Wildman–Crippen MR) is 109 cm³/mol. The molecule has 1 saturated heterocycles. The number of hydrogen-bond acceptors (Lipinski definition) is 3. The summed E-state index contributed by atoms with van der Waals surface area (Å²) in [6.07, 6.45) is 10.3. The molecule has 2 heterocycles. The van der Waals surface area contributed by atoms with Gasteiger partial charge >= 0.3 is 6.03 Å². The molecule has 1 N–H and O–H groups in total. The average molecular weight is 364 g/mol. The summed E-state index contributed by atoms with van der Waals surface area (Å²) in [5.74, 6) is 0.699. The lowest BCUT2D eigenvalue weighted by Crippen LogP contribution is -2.50. The van der Waals surface area contributed by atoms with Gasteiger partial charge in [-0.15, -0.1) is 0 Å². The Morgan fingerprint density at radius 1 is 0.889 bits per heavy atom. The van der Waals surface area contributed by atoms with Gasteiger partial charge in [-0.25, -0.2) is 4.79 Å². The molecule has 1 aromatic heterocycles. The van der Waals surface area contributed by atoms with Crippen LogP contribution in [0.15, 0.2) is 48.8 Å². The van der Waals surface area contributed by atoms with Gasteiger partial charge < -0.3 is 15.1 Å². The summed E-state index contributed by atoms with van der Waals surface area (Å²) in [6.45, 7) is 3.15. The van der Waals surface area contributed by atoms with Crippen LogP contribution in [0.3, 0.4) is 0 Å². The maximum absolute atomic E-state index is 12.6. The zero-order valence-corrected chi connectivity index (χ0v) is 15.8. The van der Waals surface area contributed by atoms with Gasteiger partial charge in [0.05, 0.1) is 0 Å². The molecule has 1 aliphatic heterocycles. The molecule has 1 aliphatic carbocycles. The van der Waals surface area contributed by atoms with Crippen LogP contribution in [0.25, 0.3) is 0 Å². The minimum atomic E-state index is -0.00482. The van der Waals surface area contributed by atoms with Crippen molar-refractivity contribution in [3.05, 3.63) is 54.4 Å². The van der Waals surface area contributed by atoms with Crippen LogP contribution in [0.1, 0.15) is 43.6 Å². The van der Waals surface area contributed by atoms with Crippen molar-refractivity contribution in [2.75, 3.05) is 36.4 Å². The number of benzene rings is 1. The summed E-state index contributed by atoms with van der Waals surface area (Å²) in [7, 11) is 0. The van der Waals surface area contributed by atoms with Crippen LogP contribution in [0.4, 0.5) is 16.2 Å². The van der Waals surface area contributed by atoms with E-state index in [1.807, 2.05) is 29.4 Å². The van der Waals surface area contributed by atoms with Crippen LogP contribution in [-0.2, 0) is 0 Å². The van der Waals surface area contributed by atoms with E-state index in [0.29, 0.717) is 5.92 Å². The zero-order chi connectivity index (χ0) is 18.5. The predicted octanol–water partition coefficient (Wildman–Crippen LogP) is 4.48. The van der Waals surface area contributed by atoms with Crippen LogP contribution in [0.5, 0.6) is 0 Å². The molecule has 0 unspecified atom stereocenters. The van der Waals surface area contributed by atoms with Crippen molar-refractivity contribution in [3.63, 3.8) is 0 Å². The Kier molecular flexibility index (Phi) is 5.56. The number of rotatable bonds is 3. The number of amides is 2. The standard InChI is InChI=1S/C22H28N4O/c27-22(26-16-14-25(15-17-26)21-10-12-23-13-11-21)24-20-8-6-19(7-9-20)18-4-2-1-3-5-18/h6-13,18H,1-5,14-17H2,(H,24,27). The van der Waals surface area contributed by atoms with Crippen LogP contribution in [0.2, 0.25) is 0 Å². The molecule has 2 aliphatic rings. The van der Waals surface area contributed by atoms with E-state index in [-0.39, 0.29) is 6.03 Å². The van der Waals surface area contributed by atoms with E-state index >= 15 is 0 Å². The molecule has 0 atom stereocenters. The van der Waals surface area contributed by atoms with Crippen molar-refractivity contribution < 1.29 is 4.79 Å². The molecule has 5 nitrogen and oxygen atoms in total. The van der Waals surface area contributed by atoms with Gasteiger partial charge in [0.25, 0.3) is 0 Å². The highest BCUT2D eigenvalue weighted by molar-refractivity contribution is 5.89. The molecule has 142 valence electrons. The monoisotopic (exact) mass is 364 g/mol. The van der Waals surface area contributed by atoms with Crippen molar-refractivity contribution in [3.8, 4) is 0 Å². The van der Waals surface area contributed by atoms with Gasteiger partial charge in [-0.05, 0) is 48.6 Å². The second-order valence-corrected chi connectivity index (χ2v) is 7.57. The van der Waals surface area contributed by atoms with Crippen LogP contribution < -0.4 is 10.2 Å². The van der Waals surface area contributed by atoms with Gasteiger partial charge in [0.2, 0.25) is 0 Å². The smallest absolute Gasteiger partial charge is 0.321 e. The molecule has 2 fully saturated rings. The summed E-state index contributed by atoms with van der Waals surface area (Å²) in [6, 6.07) is 12.5. The van der Waals surface area contributed by atoms with Crippen LogP contribution in [0, 0.1) is 0 Å². The van der Waals surface area contributed by atoms with Gasteiger partial charge in [0.15, 0.2) is 0 Å². The maximum Gasteiger partial charge on any atom is 0.321 e. The molecule has 1 aromatic carbocycles. The van der Waals surface area contributed by atoms with E-state index in [1.165, 1.54) is 43.4 Å². The molecule has 2 amide bonds. The van der Waals surface area contributed by atoms with Gasteiger partial charge in [0, 0.05) is 49.9 Å². The number of nitrogens with zero attached hydrogens (tertiary/aromatic N) is 3. The highest BCUT2D eigenvalue weighted by Gasteiger charge is 2.21. The number of carbonyl (C=O) groups excluding carboxylic acids is 1. The fourth-order valence-corrected chi connectivity index (χ4v) is 4.20. The summed E-state index contributed by atoms with van der Waals surface area (Å²) in [5, 5.41) is 3.05. The van der Waals surface area contributed by atoms with E-state index in [0.717, 1.165) is 31.9 Å². The van der Waals surface area contributed by atoms with E-state index in [1.54, 1.807) is 0 Å². The minimum absolute atomic E-state index is 0.00482. The third-order valence-electron chi connectivity index (χ3n) is 5.83. The van der Waals surface area contributed by atoms with Gasteiger partial charge in [-0.2, -0.15) is 0 Å². The number of pyridine rings is 1. The Morgan fingerprint density at radius 2 is 1.56 bits per heavy atom. The average Bonchev–Trinajstić information content (AvgIpc) is 2.76. The largest absolute Gasteiger partial charge is 0.368 e. The lowest BCUT2D eigenvalue weighted by atomic mass is 9.84. The molecular formula is C22H28N4O. The lowest BCUT2D eigenvalue weighted by Gasteiger charge is -2.36. The fraction of sp³-hybridized carbons (Fsp3) is 0.455. The Hall–Kier alpha value is -2.56.